The number of rotatable bonds is 6. The molecule has 0 amide bonds. The smallest absolute Gasteiger partial charge is 0.0916 e. The third-order valence-electron chi connectivity index (χ3n) is 3.29. The molecule has 0 unspecified atom stereocenters. The minimum Gasteiger partial charge on any atom is -0.387 e. The summed E-state index contributed by atoms with van der Waals surface area (Å²) in [6.07, 6.45) is 0.598. The van der Waals surface area contributed by atoms with Gasteiger partial charge in [0.1, 0.15) is 0 Å². The molecule has 0 aliphatic heterocycles. The summed E-state index contributed by atoms with van der Waals surface area (Å²) < 4.78 is 0. The molecule has 2 aromatic carbocycles. The highest BCUT2D eigenvalue weighted by Gasteiger charge is 2.09. The zero-order valence-electron chi connectivity index (χ0n) is 11.4. The van der Waals surface area contributed by atoms with Crippen molar-refractivity contribution in [3.63, 3.8) is 0 Å². The number of aliphatic hydroxyl groups is 1. The van der Waals surface area contributed by atoms with E-state index < -0.39 is 6.10 Å². The van der Waals surface area contributed by atoms with E-state index >= 15 is 0 Å². The molecular weight excluding hydrogens is 234 g/mol. The molecule has 0 spiro atoms. The largest absolute Gasteiger partial charge is 0.387 e. The van der Waals surface area contributed by atoms with Crippen LogP contribution in [0.25, 0.3) is 0 Å². The van der Waals surface area contributed by atoms with E-state index in [4.69, 9.17) is 0 Å². The normalized spacial score (nSPS) is 12.6. The van der Waals surface area contributed by atoms with E-state index in [0.29, 0.717) is 6.54 Å². The van der Waals surface area contributed by atoms with Crippen LogP contribution in [0.3, 0.4) is 0 Å². The highest BCUT2D eigenvalue weighted by Crippen LogP contribution is 2.13. The Labute approximate surface area is 115 Å². The number of nitrogens with zero attached hydrogens (tertiary/aromatic N) is 1. The van der Waals surface area contributed by atoms with Crippen LogP contribution in [0.4, 0.5) is 0 Å². The van der Waals surface area contributed by atoms with Crippen LogP contribution in [-0.2, 0) is 6.42 Å². The van der Waals surface area contributed by atoms with Gasteiger partial charge < -0.3 is 10.0 Å². The second-order valence-electron chi connectivity index (χ2n) is 4.92. The predicted octanol–water partition coefficient (Wildman–Crippen LogP) is 2.89. The maximum atomic E-state index is 10.1. The lowest BCUT2D eigenvalue weighted by Crippen LogP contribution is -2.26. The summed E-state index contributed by atoms with van der Waals surface area (Å²) in [4.78, 5) is 2.17. The molecule has 0 aromatic heterocycles. The van der Waals surface area contributed by atoms with E-state index in [-0.39, 0.29) is 0 Å². The van der Waals surface area contributed by atoms with Crippen LogP contribution < -0.4 is 0 Å². The lowest BCUT2D eigenvalue weighted by atomic mass is 10.1. The van der Waals surface area contributed by atoms with Gasteiger partial charge in [0.2, 0.25) is 0 Å². The fourth-order valence-electron chi connectivity index (χ4n) is 2.13. The van der Waals surface area contributed by atoms with Gasteiger partial charge >= 0.3 is 0 Å². The van der Waals surface area contributed by atoms with Crippen LogP contribution in [0.15, 0.2) is 60.7 Å². The quantitative estimate of drug-likeness (QED) is 0.858. The maximum Gasteiger partial charge on any atom is 0.0916 e. The molecule has 0 radical (unpaired) electrons. The van der Waals surface area contributed by atoms with Crippen molar-refractivity contribution < 1.29 is 5.11 Å². The second-order valence-corrected chi connectivity index (χ2v) is 4.92. The molecule has 2 heteroatoms. The lowest BCUT2D eigenvalue weighted by Gasteiger charge is -2.20. The Balaban J connectivity index is 1.80. The Morgan fingerprint density at radius 3 is 2.16 bits per heavy atom. The SMILES string of the molecule is CN(CCc1ccccc1)C[C@H](O)c1ccccc1. The number of hydrogen-bond acceptors (Lipinski definition) is 2. The summed E-state index contributed by atoms with van der Waals surface area (Å²) in [5.41, 5.74) is 2.32. The first-order valence-corrected chi connectivity index (χ1v) is 6.71. The molecule has 0 aliphatic carbocycles. The van der Waals surface area contributed by atoms with Crippen molar-refractivity contribution in [2.75, 3.05) is 20.1 Å². The van der Waals surface area contributed by atoms with E-state index in [2.05, 4.69) is 36.2 Å². The highest BCUT2D eigenvalue weighted by atomic mass is 16.3. The van der Waals surface area contributed by atoms with Crippen molar-refractivity contribution in [3.8, 4) is 0 Å². The fraction of sp³-hybridized carbons (Fsp3) is 0.294. The van der Waals surface area contributed by atoms with E-state index in [0.717, 1.165) is 18.5 Å². The summed E-state index contributed by atoms with van der Waals surface area (Å²) in [7, 11) is 2.05. The Bertz CT molecular complexity index is 469. The molecule has 0 aliphatic rings. The monoisotopic (exact) mass is 255 g/mol. The van der Waals surface area contributed by atoms with Crippen molar-refractivity contribution in [2.45, 2.75) is 12.5 Å². The van der Waals surface area contributed by atoms with Gasteiger partial charge in [0.15, 0.2) is 0 Å². The van der Waals surface area contributed by atoms with E-state index in [1.807, 2.05) is 36.4 Å². The zero-order chi connectivity index (χ0) is 13.5. The molecule has 0 fully saturated rings. The van der Waals surface area contributed by atoms with Gasteiger partial charge in [-0.15, -0.1) is 0 Å². The van der Waals surface area contributed by atoms with E-state index in [1.165, 1.54) is 5.56 Å². The summed E-state index contributed by atoms with van der Waals surface area (Å²) in [5, 5.41) is 10.1. The van der Waals surface area contributed by atoms with Crippen molar-refractivity contribution in [2.24, 2.45) is 0 Å². The van der Waals surface area contributed by atoms with Crippen molar-refractivity contribution in [1.82, 2.24) is 4.90 Å². The first-order valence-electron chi connectivity index (χ1n) is 6.71. The van der Waals surface area contributed by atoms with Crippen LogP contribution in [0.5, 0.6) is 0 Å². The standard InChI is InChI=1S/C17H21NO/c1-18(13-12-15-8-4-2-5-9-15)14-17(19)16-10-6-3-7-11-16/h2-11,17,19H,12-14H2,1H3/t17-/m0/s1. The molecule has 0 saturated carbocycles. The van der Waals surface area contributed by atoms with E-state index in [1.54, 1.807) is 0 Å². The van der Waals surface area contributed by atoms with Gasteiger partial charge in [-0.2, -0.15) is 0 Å². The molecule has 2 aromatic rings. The second kappa shape index (κ2) is 7.07. The minimum atomic E-state index is -0.415. The van der Waals surface area contributed by atoms with Crippen LogP contribution in [0.2, 0.25) is 0 Å². The third-order valence-corrected chi connectivity index (χ3v) is 3.29. The maximum absolute atomic E-state index is 10.1. The summed E-state index contributed by atoms with van der Waals surface area (Å²) in [6, 6.07) is 20.3. The Kier molecular flexibility index (Phi) is 5.13. The van der Waals surface area contributed by atoms with Crippen molar-refractivity contribution in [1.29, 1.82) is 0 Å². The number of aliphatic hydroxyl groups excluding tert-OH is 1. The fourth-order valence-corrected chi connectivity index (χ4v) is 2.13. The van der Waals surface area contributed by atoms with Crippen LogP contribution in [0, 0.1) is 0 Å². The first-order chi connectivity index (χ1) is 9.25. The van der Waals surface area contributed by atoms with Crippen molar-refractivity contribution in [3.05, 3.63) is 71.8 Å². The molecule has 0 heterocycles. The number of likely N-dealkylation sites (N-methyl/N-ethyl adjacent to an activating group) is 1. The average molecular weight is 255 g/mol. The van der Waals surface area contributed by atoms with Crippen LogP contribution in [-0.4, -0.2) is 30.1 Å². The molecule has 1 atom stereocenters. The Morgan fingerprint density at radius 1 is 0.947 bits per heavy atom. The summed E-state index contributed by atoms with van der Waals surface area (Å²) >= 11 is 0. The third kappa shape index (κ3) is 4.51. The zero-order valence-corrected chi connectivity index (χ0v) is 11.4. The molecule has 0 bridgehead atoms. The number of benzene rings is 2. The first kappa shape index (κ1) is 13.8. The molecule has 0 saturated heterocycles. The molecule has 100 valence electrons. The van der Waals surface area contributed by atoms with Crippen LogP contribution >= 0.6 is 0 Å². The molecule has 2 rings (SSSR count). The molecule has 1 N–H and O–H groups in total. The molecule has 19 heavy (non-hydrogen) atoms. The van der Waals surface area contributed by atoms with Gasteiger partial charge in [0, 0.05) is 13.1 Å². The van der Waals surface area contributed by atoms with E-state index in [9.17, 15) is 5.11 Å². The molecule has 2 nitrogen and oxygen atoms in total. The minimum absolute atomic E-state index is 0.415. The highest BCUT2D eigenvalue weighted by molar-refractivity contribution is 5.18. The van der Waals surface area contributed by atoms with Crippen molar-refractivity contribution >= 4 is 0 Å². The predicted molar refractivity (Wildman–Crippen MR) is 79.0 cm³/mol. The summed E-state index contributed by atoms with van der Waals surface area (Å²) in [6.45, 7) is 1.62. The van der Waals surface area contributed by atoms with Gasteiger partial charge in [-0.05, 0) is 24.6 Å². The Hall–Kier alpha value is -1.64. The van der Waals surface area contributed by atoms with Gasteiger partial charge in [-0.1, -0.05) is 60.7 Å². The van der Waals surface area contributed by atoms with Gasteiger partial charge in [0.05, 0.1) is 6.10 Å². The summed E-state index contributed by atoms with van der Waals surface area (Å²) in [5.74, 6) is 0. The number of hydrogen-bond donors (Lipinski definition) is 1. The van der Waals surface area contributed by atoms with Gasteiger partial charge in [-0.3, -0.25) is 0 Å². The van der Waals surface area contributed by atoms with Gasteiger partial charge in [0.25, 0.3) is 0 Å². The topological polar surface area (TPSA) is 23.5 Å². The average Bonchev–Trinajstić information content (AvgIpc) is 2.47. The van der Waals surface area contributed by atoms with Crippen LogP contribution in [0.1, 0.15) is 17.2 Å². The Morgan fingerprint density at radius 2 is 1.53 bits per heavy atom. The molecular formula is C17H21NO. The lowest BCUT2D eigenvalue weighted by molar-refractivity contribution is 0.127. The van der Waals surface area contributed by atoms with Gasteiger partial charge in [-0.25, -0.2) is 0 Å².